The molecule has 114 valence electrons. The Hall–Kier alpha value is -1.34. The Bertz CT molecular complexity index is 359. The molecule has 7 heteroatoms. The van der Waals surface area contributed by atoms with Crippen LogP contribution in [0, 0.1) is 5.92 Å². The standard InChI is InChI=1S/C13H22N2O5/c1-14(4-6-19-8-10-2-3-10)13(18)15-5-7-20-9-11(15)12(16)17/h10-11H,2-9H2,1H3,(H,16,17). The summed E-state index contributed by atoms with van der Waals surface area (Å²) in [6.07, 6.45) is 2.48. The predicted octanol–water partition coefficient (Wildman–Crippen LogP) is 0.250. The summed E-state index contributed by atoms with van der Waals surface area (Å²) in [5.41, 5.74) is 0. The molecule has 0 radical (unpaired) electrons. The van der Waals surface area contributed by atoms with Gasteiger partial charge in [0.2, 0.25) is 0 Å². The van der Waals surface area contributed by atoms with Crippen molar-refractivity contribution in [1.82, 2.24) is 9.80 Å². The fourth-order valence-corrected chi connectivity index (χ4v) is 2.09. The van der Waals surface area contributed by atoms with Crippen molar-refractivity contribution in [1.29, 1.82) is 0 Å². The Morgan fingerprint density at radius 2 is 2.20 bits per heavy atom. The first-order valence-corrected chi connectivity index (χ1v) is 6.99. The van der Waals surface area contributed by atoms with Gasteiger partial charge < -0.3 is 24.4 Å². The summed E-state index contributed by atoms with van der Waals surface area (Å²) in [5, 5.41) is 9.10. The molecule has 0 aromatic heterocycles. The lowest BCUT2D eigenvalue weighted by atomic mass is 10.2. The summed E-state index contributed by atoms with van der Waals surface area (Å²) < 4.78 is 10.6. The van der Waals surface area contributed by atoms with E-state index in [0.29, 0.717) is 32.2 Å². The van der Waals surface area contributed by atoms with Crippen molar-refractivity contribution in [3.8, 4) is 0 Å². The lowest BCUT2D eigenvalue weighted by molar-refractivity contribution is -0.147. The average Bonchev–Trinajstić information content (AvgIpc) is 3.26. The first-order chi connectivity index (χ1) is 9.59. The maximum atomic E-state index is 12.2. The van der Waals surface area contributed by atoms with E-state index in [1.54, 1.807) is 7.05 Å². The summed E-state index contributed by atoms with van der Waals surface area (Å²) in [6, 6.07) is -1.18. The lowest BCUT2D eigenvalue weighted by Crippen LogP contribution is -2.56. The number of rotatable bonds is 6. The summed E-state index contributed by atoms with van der Waals surface area (Å²) in [6.45, 7) is 2.45. The Kier molecular flexibility index (Phi) is 5.19. The zero-order chi connectivity index (χ0) is 14.5. The summed E-state index contributed by atoms with van der Waals surface area (Å²) in [5.74, 6) is -0.330. The molecule has 1 heterocycles. The van der Waals surface area contributed by atoms with Gasteiger partial charge in [-0.3, -0.25) is 0 Å². The number of hydrogen-bond donors (Lipinski definition) is 1. The highest BCUT2D eigenvalue weighted by molar-refractivity contribution is 5.82. The SMILES string of the molecule is CN(CCOCC1CC1)C(=O)N1CCOCC1C(=O)O. The maximum absolute atomic E-state index is 12.2. The van der Waals surface area contributed by atoms with Gasteiger partial charge in [-0.25, -0.2) is 9.59 Å². The number of hydrogen-bond acceptors (Lipinski definition) is 4. The van der Waals surface area contributed by atoms with E-state index in [1.807, 2.05) is 0 Å². The molecule has 1 aliphatic heterocycles. The van der Waals surface area contributed by atoms with E-state index < -0.39 is 12.0 Å². The number of urea groups is 1. The molecule has 20 heavy (non-hydrogen) atoms. The van der Waals surface area contributed by atoms with E-state index in [1.165, 1.54) is 22.6 Å². The quantitative estimate of drug-likeness (QED) is 0.708. The predicted molar refractivity (Wildman–Crippen MR) is 70.5 cm³/mol. The topological polar surface area (TPSA) is 79.3 Å². The fraction of sp³-hybridized carbons (Fsp3) is 0.846. The van der Waals surface area contributed by atoms with Gasteiger partial charge in [-0.2, -0.15) is 0 Å². The van der Waals surface area contributed by atoms with Gasteiger partial charge in [-0.05, 0) is 18.8 Å². The molecule has 7 nitrogen and oxygen atoms in total. The van der Waals surface area contributed by atoms with E-state index in [0.717, 1.165) is 6.61 Å². The zero-order valence-electron chi connectivity index (χ0n) is 11.8. The molecule has 0 aromatic carbocycles. The Balaban J connectivity index is 1.76. The van der Waals surface area contributed by atoms with E-state index in [-0.39, 0.29) is 12.6 Å². The second-order valence-corrected chi connectivity index (χ2v) is 5.34. The van der Waals surface area contributed by atoms with Crippen molar-refractivity contribution in [2.45, 2.75) is 18.9 Å². The van der Waals surface area contributed by atoms with Crippen LogP contribution in [0.5, 0.6) is 0 Å². The molecule has 0 spiro atoms. The summed E-state index contributed by atoms with van der Waals surface area (Å²) in [7, 11) is 1.66. The highest BCUT2D eigenvalue weighted by Gasteiger charge is 2.34. The summed E-state index contributed by atoms with van der Waals surface area (Å²) in [4.78, 5) is 26.2. The molecule has 2 aliphatic rings. The first kappa shape index (κ1) is 15.1. The molecule has 1 saturated carbocycles. The van der Waals surface area contributed by atoms with Gasteiger partial charge in [-0.1, -0.05) is 0 Å². The molecule has 1 N–H and O–H groups in total. The second kappa shape index (κ2) is 6.90. The zero-order valence-corrected chi connectivity index (χ0v) is 11.8. The Labute approximate surface area is 118 Å². The van der Waals surface area contributed by atoms with Crippen molar-refractivity contribution >= 4 is 12.0 Å². The van der Waals surface area contributed by atoms with Crippen molar-refractivity contribution in [2.24, 2.45) is 5.92 Å². The Morgan fingerprint density at radius 3 is 2.85 bits per heavy atom. The molecule has 2 rings (SSSR count). The van der Waals surface area contributed by atoms with Gasteiger partial charge >= 0.3 is 12.0 Å². The van der Waals surface area contributed by atoms with E-state index >= 15 is 0 Å². The highest BCUT2D eigenvalue weighted by Crippen LogP contribution is 2.28. The smallest absolute Gasteiger partial charge is 0.328 e. The van der Waals surface area contributed by atoms with Crippen LogP contribution in [0.25, 0.3) is 0 Å². The van der Waals surface area contributed by atoms with E-state index in [9.17, 15) is 9.59 Å². The van der Waals surface area contributed by atoms with Crippen LogP contribution in [0.3, 0.4) is 0 Å². The van der Waals surface area contributed by atoms with Gasteiger partial charge in [0.05, 0.1) is 19.8 Å². The highest BCUT2D eigenvalue weighted by atomic mass is 16.5. The third-order valence-electron chi connectivity index (χ3n) is 3.61. The molecule has 1 aliphatic carbocycles. The molecular formula is C13H22N2O5. The summed E-state index contributed by atoms with van der Waals surface area (Å²) >= 11 is 0. The largest absolute Gasteiger partial charge is 0.480 e. The minimum atomic E-state index is -1.03. The number of carboxylic acid groups (broad SMARTS) is 1. The molecule has 0 aromatic rings. The third-order valence-corrected chi connectivity index (χ3v) is 3.61. The molecule has 2 amide bonds. The number of carbonyl (C=O) groups is 2. The van der Waals surface area contributed by atoms with Gasteiger partial charge in [0.25, 0.3) is 0 Å². The van der Waals surface area contributed by atoms with Crippen LogP contribution in [-0.2, 0) is 14.3 Å². The van der Waals surface area contributed by atoms with Crippen LogP contribution >= 0.6 is 0 Å². The minimum absolute atomic E-state index is 0.0487. The second-order valence-electron chi connectivity index (χ2n) is 5.34. The lowest BCUT2D eigenvalue weighted by Gasteiger charge is -2.35. The monoisotopic (exact) mass is 286 g/mol. The van der Waals surface area contributed by atoms with Gasteiger partial charge in [0.15, 0.2) is 6.04 Å². The first-order valence-electron chi connectivity index (χ1n) is 6.99. The van der Waals surface area contributed by atoms with Gasteiger partial charge in [-0.15, -0.1) is 0 Å². The fourth-order valence-electron chi connectivity index (χ4n) is 2.09. The molecular weight excluding hydrogens is 264 g/mol. The van der Waals surface area contributed by atoms with E-state index in [2.05, 4.69) is 0 Å². The number of morpholine rings is 1. The van der Waals surface area contributed by atoms with Gasteiger partial charge in [0, 0.05) is 26.7 Å². The van der Waals surface area contributed by atoms with Crippen LogP contribution in [0.4, 0.5) is 4.79 Å². The minimum Gasteiger partial charge on any atom is -0.480 e. The average molecular weight is 286 g/mol. The molecule has 2 fully saturated rings. The molecule has 0 bridgehead atoms. The Morgan fingerprint density at radius 1 is 1.45 bits per heavy atom. The third kappa shape index (κ3) is 4.08. The number of aliphatic carboxylic acids is 1. The number of nitrogens with zero attached hydrogens (tertiary/aromatic N) is 2. The molecule has 1 saturated heterocycles. The maximum Gasteiger partial charge on any atom is 0.328 e. The number of amides is 2. The van der Waals surface area contributed by atoms with Crippen molar-refractivity contribution in [3.63, 3.8) is 0 Å². The van der Waals surface area contributed by atoms with Crippen LogP contribution in [0.15, 0.2) is 0 Å². The van der Waals surface area contributed by atoms with Crippen molar-refractivity contribution < 1.29 is 24.2 Å². The molecule has 1 unspecified atom stereocenters. The van der Waals surface area contributed by atoms with Gasteiger partial charge in [0.1, 0.15) is 0 Å². The number of carbonyl (C=O) groups excluding carboxylic acids is 1. The van der Waals surface area contributed by atoms with Crippen LogP contribution in [0.1, 0.15) is 12.8 Å². The molecule has 1 atom stereocenters. The van der Waals surface area contributed by atoms with Crippen LogP contribution in [0.2, 0.25) is 0 Å². The van der Waals surface area contributed by atoms with E-state index in [4.69, 9.17) is 14.6 Å². The number of carboxylic acids is 1. The van der Waals surface area contributed by atoms with Crippen molar-refractivity contribution in [2.75, 3.05) is 46.6 Å². The number of ether oxygens (including phenoxy) is 2. The van der Waals surface area contributed by atoms with Crippen LogP contribution in [-0.4, -0.2) is 79.5 Å². The van der Waals surface area contributed by atoms with Crippen molar-refractivity contribution in [3.05, 3.63) is 0 Å². The van der Waals surface area contributed by atoms with Crippen LogP contribution < -0.4 is 0 Å². The normalized spacial score (nSPS) is 22.6. The number of likely N-dealkylation sites (N-methyl/N-ethyl adjacent to an activating group) is 1.